The molecule has 1 rings (SSSR count). The SMILES string of the molecule is CCOC(=O)/C(C#N)=C\C(C(=O)OCC)=C(/N)N1CCCCC1. The molecule has 0 aromatic carbocycles. The third kappa shape index (κ3) is 5.33. The third-order valence-electron chi connectivity index (χ3n) is 3.37. The van der Waals surface area contributed by atoms with Gasteiger partial charge in [-0.15, -0.1) is 0 Å². The summed E-state index contributed by atoms with van der Waals surface area (Å²) in [5.41, 5.74) is 5.83. The van der Waals surface area contributed by atoms with Gasteiger partial charge in [0.25, 0.3) is 0 Å². The van der Waals surface area contributed by atoms with Crippen LogP contribution in [-0.4, -0.2) is 43.1 Å². The quantitative estimate of drug-likeness (QED) is 0.339. The van der Waals surface area contributed by atoms with Gasteiger partial charge in [-0.1, -0.05) is 0 Å². The summed E-state index contributed by atoms with van der Waals surface area (Å²) in [6, 6.07) is 1.74. The smallest absolute Gasteiger partial charge is 0.348 e. The molecule has 0 aromatic heterocycles. The number of carbonyl (C=O) groups excluding carboxylic acids is 2. The molecule has 1 fully saturated rings. The number of hydrogen-bond donors (Lipinski definition) is 1. The van der Waals surface area contributed by atoms with Crippen molar-refractivity contribution in [2.75, 3.05) is 26.3 Å². The molecule has 1 aliphatic rings. The van der Waals surface area contributed by atoms with E-state index >= 15 is 0 Å². The van der Waals surface area contributed by atoms with E-state index in [1.165, 1.54) is 0 Å². The van der Waals surface area contributed by atoms with Crippen molar-refractivity contribution in [2.45, 2.75) is 33.1 Å². The molecule has 0 bridgehead atoms. The van der Waals surface area contributed by atoms with Crippen LogP contribution in [0.4, 0.5) is 0 Å². The average molecular weight is 321 g/mol. The second kappa shape index (κ2) is 9.51. The highest BCUT2D eigenvalue weighted by Crippen LogP contribution is 2.17. The minimum Gasteiger partial charge on any atom is -0.462 e. The van der Waals surface area contributed by atoms with Crippen LogP contribution in [0.3, 0.4) is 0 Å². The van der Waals surface area contributed by atoms with Gasteiger partial charge in [-0.3, -0.25) is 0 Å². The van der Waals surface area contributed by atoms with Crippen LogP contribution in [0.15, 0.2) is 23.0 Å². The van der Waals surface area contributed by atoms with Crippen molar-refractivity contribution in [1.29, 1.82) is 5.26 Å². The Hall–Kier alpha value is -2.49. The van der Waals surface area contributed by atoms with E-state index in [4.69, 9.17) is 20.5 Å². The maximum Gasteiger partial charge on any atom is 0.348 e. The lowest BCUT2D eigenvalue weighted by Gasteiger charge is -2.29. The van der Waals surface area contributed by atoms with E-state index in [1.54, 1.807) is 19.9 Å². The van der Waals surface area contributed by atoms with E-state index in [9.17, 15) is 9.59 Å². The molecule has 0 unspecified atom stereocenters. The fourth-order valence-electron chi connectivity index (χ4n) is 2.24. The Morgan fingerprint density at radius 3 is 2.22 bits per heavy atom. The number of piperidine rings is 1. The molecule has 0 aliphatic carbocycles. The highest BCUT2D eigenvalue weighted by atomic mass is 16.5. The van der Waals surface area contributed by atoms with Crippen LogP contribution in [0.2, 0.25) is 0 Å². The minimum atomic E-state index is -0.789. The number of hydrogen-bond acceptors (Lipinski definition) is 7. The van der Waals surface area contributed by atoms with Crippen molar-refractivity contribution in [3.8, 4) is 6.07 Å². The fraction of sp³-hybridized carbons (Fsp3) is 0.562. The number of nitrogens with two attached hydrogens (primary N) is 1. The molecular weight excluding hydrogens is 298 g/mol. The molecule has 0 aromatic rings. The van der Waals surface area contributed by atoms with Crippen molar-refractivity contribution in [3.05, 3.63) is 23.0 Å². The van der Waals surface area contributed by atoms with Crippen molar-refractivity contribution in [3.63, 3.8) is 0 Å². The molecule has 2 N–H and O–H groups in total. The zero-order valence-corrected chi connectivity index (χ0v) is 13.6. The zero-order chi connectivity index (χ0) is 17.2. The second-order valence-corrected chi connectivity index (χ2v) is 4.96. The lowest BCUT2D eigenvalue weighted by atomic mass is 10.1. The lowest BCUT2D eigenvalue weighted by Crippen LogP contribution is -2.35. The normalized spacial score (nSPS) is 16.2. The van der Waals surface area contributed by atoms with E-state index in [1.807, 2.05) is 4.90 Å². The van der Waals surface area contributed by atoms with Crippen molar-refractivity contribution < 1.29 is 19.1 Å². The van der Waals surface area contributed by atoms with E-state index in [0.717, 1.165) is 38.4 Å². The first-order valence-electron chi connectivity index (χ1n) is 7.75. The van der Waals surface area contributed by atoms with Crippen LogP contribution >= 0.6 is 0 Å². The first kappa shape index (κ1) is 18.6. The van der Waals surface area contributed by atoms with Crippen LogP contribution in [-0.2, 0) is 19.1 Å². The van der Waals surface area contributed by atoms with Gasteiger partial charge in [-0.2, -0.15) is 5.26 Å². The summed E-state index contributed by atoms with van der Waals surface area (Å²) in [5.74, 6) is -1.23. The van der Waals surface area contributed by atoms with Gasteiger partial charge in [-0.25, -0.2) is 9.59 Å². The summed E-state index contributed by atoms with van der Waals surface area (Å²) >= 11 is 0. The van der Waals surface area contributed by atoms with Crippen LogP contribution in [0.1, 0.15) is 33.1 Å². The van der Waals surface area contributed by atoms with Gasteiger partial charge in [0.15, 0.2) is 0 Å². The first-order chi connectivity index (χ1) is 11.0. The summed E-state index contributed by atoms with van der Waals surface area (Å²) in [5, 5.41) is 9.13. The lowest BCUT2D eigenvalue weighted by molar-refractivity contribution is -0.138. The highest BCUT2D eigenvalue weighted by Gasteiger charge is 2.22. The predicted molar refractivity (Wildman–Crippen MR) is 83.6 cm³/mol. The topological polar surface area (TPSA) is 106 Å². The molecule has 0 atom stereocenters. The Morgan fingerprint density at radius 1 is 1.13 bits per heavy atom. The minimum absolute atomic E-state index is 0.0124. The van der Waals surface area contributed by atoms with E-state index in [-0.39, 0.29) is 30.2 Å². The molecule has 1 heterocycles. The zero-order valence-electron chi connectivity index (χ0n) is 13.6. The summed E-state index contributed by atoms with van der Waals surface area (Å²) < 4.78 is 9.79. The van der Waals surface area contributed by atoms with Crippen LogP contribution in [0, 0.1) is 11.3 Å². The van der Waals surface area contributed by atoms with Gasteiger partial charge in [0.2, 0.25) is 0 Å². The maximum absolute atomic E-state index is 12.2. The van der Waals surface area contributed by atoms with Crippen molar-refractivity contribution >= 4 is 11.9 Å². The van der Waals surface area contributed by atoms with Gasteiger partial charge < -0.3 is 20.1 Å². The van der Waals surface area contributed by atoms with Gasteiger partial charge in [0, 0.05) is 13.1 Å². The van der Waals surface area contributed by atoms with Crippen LogP contribution in [0.25, 0.3) is 0 Å². The number of carbonyl (C=O) groups is 2. The number of ether oxygens (including phenoxy) is 2. The van der Waals surface area contributed by atoms with Crippen molar-refractivity contribution in [2.24, 2.45) is 5.73 Å². The Bertz CT molecular complexity index is 540. The monoisotopic (exact) mass is 321 g/mol. The largest absolute Gasteiger partial charge is 0.462 e. The van der Waals surface area contributed by atoms with Crippen LogP contribution in [0.5, 0.6) is 0 Å². The Labute approximate surface area is 136 Å². The highest BCUT2D eigenvalue weighted by molar-refractivity contribution is 5.99. The molecule has 1 aliphatic heterocycles. The number of esters is 2. The molecule has 126 valence electrons. The van der Waals surface area contributed by atoms with E-state index < -0.39 is 11.9 Å². The Morgan fingerprint density at radius 2 is 1.70 bits per heavy atom. The predicted octanol–water partition coefficient (Wildman–Crippen LogP) is 1.22. The molecule has 1 saturated heterocycles. The molecule has 0 saturated carbocycles. The number of rotatable bonds is 6. The van der Waals surface area contributed by atoms with Gasteiger partial charge in [0.05, 0.1) is 13.2 Å². The van der Waals surface area contributed by atoms with Gasteiger partial charge in [0.1, 0.15) is 23.0 Å². The molecule has 7 nitrogen and oxygen atoms in total. The summed E-state index contributed by atoms with van der Waals surface area (Å²) in [6.07, 6.45) is 4.22. The number of likely N-dealkylation sites (tertiary alicyclic amines) is 1. The molecular formula is C16H23N3O4. The standard InChI is InChI=1S/C16H23N3O4/c1-3-22-15(20)12(11-17)10-13(16(21)23-4-2)14(18)19-8-6-5-7-9-19/h10H,3-9,18H2,1-2H3/b12-10-,14-13-. The Balaban J connectivity index is 3.20. The molecule has 7 heteroatoms. The molecule has 0 radical (unpaired) electrons. The van der Waals surface area contributed by atoms with Crippen LogP contribution < -0.4 is 5.73 Å². The summed E-state index contributed by atoms with van der Waals surface area (Å²) in [6.45, 7) is 5.07. The van der Waals surface area contributed by atoms with Crippen molar-refractivity contribution in [1.82, 2.24) is 4.90 Å². The fourth-order valence-corrected chi connectivity index (χ4v) is 2.24. The van der Waals surface area contributed by atoms with Gasteiger partial charge in [-0.05, 0) is 39.2 Å². The first-order valence-corrected chi connectivity index (χ1v) is 7.75. The van der Waals surface area contributed by atoms with Gasteiger partial charge >= 0.3 is 11.9 Å². The Kier molecular flexibility index (Phi) is 7.67. The van der Waals surface area contributed by atoms with E-state index in [2.05, 4.69) is 0 Å². The summed E-state index contributed by atoms with van der Waals surface area (Å²) in [7, 11) is 0. The molecule has 0 amide bonds. The molecule has 0 spiro atoms. The third-order valence-corrected chi connectivity index (χ3v) is 3.37. The summed E-state index contributed by atoms with van der Waals surface area (Å²) in [4.78, 5) is 25.8. The average Bonchev–Trinajstić information content (AvgIpc) is 2.56. The molecule has 23 heavy (non-hydrogen) atoms. The maximum atomic E-state index is 12.2. The second-order valence-electron chi connectivity index (χ2n) is 4.96. The number of nitriles is 1. The van der Waals surface area contributed by atoms with E-state index in [0.29, 0.717) is 0 Å². The number of nitrogens with zero attached hydrogens (tertiary/aromatic N) is 2.